The average molecular weight is 477 g/mol. The van der Waals surface area contributed by atoms with Crippen LogP contribution in [0.5, 0.6) is 11.5 Å². The van der Waals surface area contributed by atoms with Crippen LogP contribution in [0.1, 0.15) is 30.4 Å². The number of nitrogens with one attached hydrogen (secondary N) is 1. The summed E-state index contributed by atoms with van der Waals surface area (Å²) in [5.74, 6) is 1.27. The quantitative estimate of drug-likeness (QED) is 0.414. The lowest BCUT2D eigenvalue weighted by atomic mass is 10.2. The minimum Gasteiger partial charge on any atom is -0.493 e. The van der Waals surface area contributed by atoms with Gasteiger partial charge in [0.05, 0.1) is 7.11 Å². The second-order valence-corrected chi connectivity index (χ2v) is 7.71. The van der Waals surface area contributed by atoms with E-state index in [1.807, 2.05) is 12.1 Å². The summed E-state index contributed by atoms with van der Waals surface area (Å²) in [5, 5.41) is 13.3. The number of halogens is 3. The van der Waals surface area contributed by atoms with Crippen LogP contribution in [-0.2, 0) is 13.2 Å². The largest absolute Gasteiger partial charge is 0.493 e. The zero-order chi connectivity index (χ0) is 19.6. The first kappa shape index (κ1) is 22.3. The SMILES string of the molecule is COc1cc(CNCCCCCO)c(Br)cc1OCc1c(Cl)cccc1Cl. The van der Waals surface area contributed by atoms with Gasteiger partial charge in [-0.05, 0) is 55.6 Å². The fourth-order valence-electron chi connectivity index (χ4n) is 2.57. The molecule has 0 saturated heterocycles. The summed E-state index contributed by atoms with van der Waals surface area (Å²) in [7, 11) is 1.62. The van der Waals surface area contributed by atoms with Gasteiger partial charge in [0, 0.05) is 33.2 Å². The van der Waals surface area contributed by atoms with Crippen LogP contribution in [0.2, 0.25) is 10.0 Å². The van der Waals surface area contributed by atoms with Crippen molar-refractivity contribution < 1.29 is 14.6 Å². The van der Waals surface area contributed by atoms with Crippen molar-refractivity contribution in [3.05, 3.63) is 56.0 Å². The van der Waals surface area contributed by atoms with Crippen LogP contribution >= 0.6 is 39.1 Å². The summed E-state index contributed by atoms with van der Waals surface area (Å²) < 4.78 is 12.3. The van der Waals surface area contributed by atoms with Crippen molar-refractivity contribution >= 4 is 39.1 Å². The first-order valence-electron chi connectivity index (χ1n) is 8.80. The Morgan fingerprint density at radius 3 is 2.48 bits per heavy atom. The molecule has 2 aromatic carbocycles. The number of hydrogen-bond donors (Lipinski definition) is 2. The van der Waals surface area contributed by atoms with Crippen LogP contribution < -0.4 is 14.8 Å². The molecule has 0 aromatic heterocycles. The van der Waals surface area contributed by atoms with Gasteiger partial charge in [0.15, 0.2) is 11.5 Å². The molecule has 0 aliphatic rings. The smallest absolute Gasteiger partial charge is 0.162 e. The van der Waals surface area contributed by atoms with Crippen molar-refractivity contribution in [2.75, 3.05) is 20.3 Å². The van der Waals surface area contributed by atoms with Gasteiger partial charge in [-0.2, -0.15) is 0 Å². The van der Waals surface area contributed by atoms with E-state index in [1.54, 1.807) is 25.3 Å². The first-order chi connectivity index (χ1) is 13.1. The highest BCUT2D eigenvalue weighted by Gasteiger charge is 2.12. The zero-order valence-electron chi connectivity index (χ0n) is 15.2. The topological polar surface area (TPSA) is 50.7 Å². The molecule has 0 spiro atoms. The highest BCUT2D eigenvalue weighted by atomic mass is 79.9. The maximum atomic E-state index is 8.80. The lowest BCUT2D eigenvalue weighted by Gasteiger charge is -2.15. The number of methoxy groups -OCH3 is 1. The molecule has 0 fully saturated rings. The first-order valence-corrected chi connectivity index (χ1v) is 10.4. The van der Waals surface area contributed by atoms with E-state index in [-0.39, 0.29) is 13.2 Å². The molecule has 7 heteroatoms. The van der Waals surface area contributed by atoms with E-state index in [1.165, 1.54) is 0 Å². The minimum absolute atomic E-state index is 0.254. The molecule has 2 N–H and O–H groups in total. The number of unbranched alkanes of at least 4 members (excludes halogenated alkanes) is 2. The van der Waals surface area contributed by atoms with Gasteiger partial charge in [-0.25, -0.2) is 0 Å². The van der Waals surface area contributed by atoms with Crippen LogP contribution in [0.4, 0.5) is 0 Å². The van der Waals surface area contributed by atoms with Gasteiger partial charge in [0.2, 0.25) is 0 Å². The van der Waals surface area contributed by atoms with Crippen LogP contribution in [-0.4, -0.2) is 25.4 Å². The van der Waals surface area contributed by atoms with Gasteiger partial charge in [-0.1, -0.05) is 45.2 Å². The predicted molar refractivity (Wildman–Crippen MR) is 114 cm³/mol. The highest BCUT2D eigenvalue weighted by molar-refractivity contribution is 9.10. The van der Waals surface area contributed by atoms with Crippen molar-refractivity contribution in [1.29, 1.82) is 0 Å². The molecule has 2 aromatic rings. The number of benzene rings is 2. The van der Waals surface area contributed by atoms with Crippen molar-refractivity contribution in [2.24, 2.45) is 0 Å². The maximum absolute atomic E-state index is 8.80. The molecule has 0 unspecified atom stereocenters. The van der Waals surface area contributed by atoms with Gasteiger partial charge < -0.3 is 19.9 Å². The van der Waals surface area contributed by atoms with Gasteiger partial charge in [0.1, 0.15) is 6.61 Å². The molecule has 4 nitrogen and oxygen atoms in total. The average Bonchev–Trinajstić information content (AvgIpc) is 2.65. The minimum atomic E-state index is 0.254. The van der Waals surface area contributed by atoms with E-state index in [9.17, 15) is 0 Å². The fourth-order valence-corrected chi connectivity index (χ4v) is 3.54. The van der Waals surface area contributed by atoms with E-state index < -0.39 is 0 Å². The fraction of sp³-hybridized carbons (Fsp3) is 0.400. The summed E-state index contributed by atoms with van der Waals surface area (Å²) in [6, 6.07) is 9.22. The maximum Gasteiger partial charge on any atom is 0.162 e. The summed E-state index contributed by atoms with van der Waals surface area (Å²) >= 11 is 16.0. The zero-order valence-corrected chi connectivity index (χ0v) is 18.3. The van der Waals surface area contributed by atoms with Crippen LogP contribution in [0.3, 0.4) is 0 Å². The third kappa shape index (κ3) is 6.84. The second kappa shape index (κ2) is 11.8. The lowest BCUT2D eigenvalue weighted by molar-refractivity contribution is 0.282. The molecule has 0 saturated carbocycles. The number of aliphatic hydroxyl groups excluding tert-OH is 1. The summed E-state index contributed by atoms with van der Waals surface area (Å²) in [5.41, 5.74) is 1.82. The summed E-state index contributed by atoms with van der Waals surface area (Å²) in [6.07, 6.45) is 2.90. The third-order valence-electron chi connectivity index (χ3n) is 4.09. The molecule has 2 rings (SSSR count). The second-order valence-electron chi connectivity index (χ2n) is 6.04. The summed E-state index contributed by atoms with van der Waals surface area (Å²) in [6.45, 7) is 2.12. The van der Waals surface area contributed by atoms with Crippen LogP contribution in [0, 0.1) is 0 Å². The molecule has 0 amide bonds. The van der Waals surface area contributed by atoms with Gasteiger partial charge in [0.25, 0.3) is 0 Å². The third-order valence-corrected chi connectivity index (χ3v) is 5.54. The van der Waals surface area contributed by atoms with Crippen molar-refractivity contribution in [3.8, 4) is 11.5 Å². The van der Waals surface area contributed by atoms with Crippen molar-refractivity contribution in [1.82, 2.24) is 5.32 Å². The Morgan fingerprint density at radius 2 is 1.81 bits per heavy atom. The Labute approximate surface area is 178 Å². The van der Waals surface area contributed by atoms with Gasteiger partial charge in [-0.3, -0.25) is 0 Å². The molecule has 0 heterocycles. The Kier molecular flexibility index (Phi) is 9.73. The molecule has 0 bridgehead atoms. The molecular formula is C20H24BrCl2NO3. The Morgan fingerprint density at radius 1 is 1.07 bits per heavy atom. The van der Waals surface area contributed by atoms with E-state index in [0.717, 1.165) is 41.4 Å². The number of aliphatic hydroxyl groups is 1. The van der Waals surface area contributed by atoms with E-state index in [0.29, 0.717) is 28.1 Å². The van der Waals surface area contributed by atoms with Crippen LogP contribution in [0.25, 0.3) is 0 Å². The highest BCUT2D eigenvalue weighted by Crippen LogP contribution is 2.35. The molecule has 148 valence electrons. The normalized spacial score (nSPS) is 10.9. The number of rotatable bonds is 11. The molecule has 0 atom stereocenters. The van der Waals surface area contributed by atoms with E-state index in [2.05, 4.69) is 21.2 Å². The number of ether oxygens (including phenoxy) is 2. The molecule has 0 aliphatic heterocycles. The number of hydrogen-bond acceptors (Lipinski definition) is 4. The Hall–Kier alpha value is -0.980. The standard InChI is InChI=1S/C20H24BrCl2NO3/c1-26-19-10-14(12-24-8-3-2-4-9-25)16(21)11-20(19)27-13-15-17(22)6-5-7-18(15)23/h5-7,10-11,24-25H,2-4,8-9,12-13H2,1H3. The van der Waals surface area contributed by atoms with E-state index in [4.69, 9.17) is 37.8 Å². The molecular weight excluding hydrogens is 453 g/mol. The molecule has 0 radical (unpaired) electrons. The Balaban J connectivity index is 2.00. The lowest BCUT2D eigenvalue weighted by Crippen LogP contribution is -2.15. The van der Waals surface area contributed by atoms with Gasteiger partial charge in [-0.15, -0.1) is 0 Å². The Bertz CT molecular complexity index is 723. The predicted octanol–water partition coefficient (Wildman–Crippen LogP) is 5.60. The summed E-state index contributed by atoms with van der Waals surface area (Å²) in [4.78, 5) is 0. The monoisotopic (exact) mass is 475 g/mol. The molecule has 0 aliphatic carbocycles. The van der Waals surface area contributed by atoms with Crippen molar-refractivity contribution in [2.45, 2.75) is 32.4 Å². The van der Waals surface area contributed by atoms with Crippen molar-refractivity contribution in [3.63, 3.8) is 0 Å². The van der Waals surface area contributed by atoms with E-state index >= 15 is 0 Å². The van der Waals surface area contributed by atoms with Crippen LogP contribution in [0.15, 0.2) is 34.8 Å². The molecule has 27 heavy (non-hydrogen) atoms. The van der Waals surface area contributed by atoms with Gasteiger partial charge >= 0.3 is 0 Å².